The third-order valence-electron chi connectivity index (χ3n) is 6.52. The maximum Gasteiger partial charge on any atom is 0.421 e. The number of rotatable bonds is 9. The van der Waals surface area contributed by atoms with Crippen LogP contribution in [0.3, 0.4) is 0 Å². The van der Waals surface area contributed by atoms with Gasteiger partial charge in [0.05, 0.1) is 6.54 Å². The maximum atomic E-state index is 13.5. The molecule has 0 unspecified atom stereocenters. The van der Waals surface area contributed by atoms with Gasteiger partial charge in [0.15, 0.2) is 0 Å². The molecule has 2 aromatic rings. The standard InChI is InChI=1S/C25H31F5N6O/c1-24(26,27)16-35-12-7-17-5-6-19(14-18(17)8-13-35)33-23-32-15-20(25(28,29)30)22(34-23)31-9-3-11-36-10-2-4-21(36)37/h5-6,14-15H,2-4,7-13,16H2,1H3,(H2,31,32,33,34). The predicted octanol–water partition coefficient (Wildman–Crippen LogP) is 4.72. The predicted molar refractivity (Wildman–Crippen MR) is 130 cm³/mol. The van der Waals surface area contributed by atoms with Crippen LogP contribution in [0.1, 0.15) is 42.9 Å². The molecule has 1 amide bonds. The smallest absolute Gasteiger partial charge is 0.369 e. The number of aromatic nitrogens is 2. The number of hydrogen-bond donors (Lipinski definition) is 2. The zero-order valence-electron chi connectivity index (χ0n) is 20.7. The van der Waals surface area contributed by atoms with Gasteiger partial charge in [0.1, 0.15) is 11.4 Å². The molecule has 2 N–H and O–H groups in total. The number of anilines is 3. The summed E-state index contributed by atoms with van der Waals surface area (Å²) in [7, 11) is 0. The highest BCUT2D eigenvalue weighted by atomic mass is 19.4. The van der Waals surface area contributed by atoms with E-state index in [1.165, 1.54) is 0 Å². The van der Waals surface area contributed by atoms with E-state index in [1.54, 1.807) is 15.9 Å². The minimum atomic E-state index is -4.63. The van der Waals surface area contributed by atoms with Gasteiger partial charge in [0, 0.05) is 58.0 Å². The van der Waals surface area contributed by atoms with Crippen LogP contribution < -0.4 is 10.6 Å². The van der Waals surface area contributed by atoms with Gasteiger partial charge < -0.3 is 15.5 Å². The van der Waals surface area contributed by atoms with Crippen LogP contribution in [0.25, 0.3) is 0 Å². The summed E-state index contributed by atoms with van der Waals surface area (Å²) in [5, 5.41) is 5.72. The van der Waals surface area contributed by atoms with E-state index in [1.807, 2.05) is 12.1 Å². The van der Waals surface area contributed by atoms with Gasteiger partial charge in [-0.1, -0.05) is 6.07 Å². The number of benzene rings is 1. The van der Waals surface area contributed by atoms with Gasteiger partial charge in [0.25, 0.3) is 5.92 Å². The molecule has 3 heterocycles. The normalized spacial score (nSPS) is 17.0. The average Bonchev–Trinajstić information content (AvgIpc) is 3.12. The number of carbonyl (C=O) groups is 1. The maximum absolute atomic E-state index is 13.5. The molecular weight excluding hydrogens is 495 g/mol. The zero-order valence-corrected chi connectivity index (χ0v) is 20.7. The molecule has 37 heavy (non-hydrogen) atoms. The highest BCUT2D eigenvalue weighted by Crippen LogP contribution is 2.34. The molecule has 0 spiro atoms. The summed E-state index contributed by atoms with van der Waals surface area (Å²) in [6, 6.07) is 5.54. The Hall–Kier alpha value is -3.02. The van der Waals surface area contributed by atoms with E-state index < -0.39 is 17.7 Å². The number of fused-ring (bicyclic) bond motifs is 1. The first-order chi connectivity index (χ1) is 17.5. The quantitative estimate of drug-likeness (QED) is 0.364. The van der Waals surface area contributed by atoms with Gasteiger partial charge in [-0.25, -0.2) is 13.8 Å². The van der Waals surface area contributed by atoms with Crippen LogP contribution in [0.15, 0.2) is 24.4 Å². The fourth-order valence-electron chi connectivity index (χ4n) is 4.73. The number of halogens is 5. The molecule has 0 radical (unpaired) electrons. The topological polar surface area (TPSA) is 73.4 Å². The molecule has 1 aromatic carbocycles. The summed E-state index contributed by atoms with van der Waals surface area (Å²) < 4.78 is 67.5. The van der Waals surface area contributed by atoms with Crippen molar-refractivity contribution in [1.29, 1.82) is 0 Å². The molecular formula is C25H31F5N6O. The Kier molecular flexibility index (Phi) is 8.15. The lowest BCUT2D eigenvalue weighted by Crippen LogP contribution is -2.36. The lowest BCUT2D eigenvalue weighted by atomic mass is 10.0. The Bertz CT molecular complexity index is 1100. The molecule has 1 aromatic heterocycles. The Morgan fingerprint density at radius 3 is 2.46 bits per heavy atom. The van der Waals surface area contributed by atoms with Crippen molar-refractivity contribution in [1.82, 2.24) is 19.8 Å². The monoisotopic (exact) mass is 526 g/mol. The van der Waals surface area contributed by atoms with E-state index in [0.29, 0.717) is 57.5 Å². The van der Waals surface area contributed by atoms with Gasteiger partial charge in [-0.3, -0.25) is 9.69 Å². The van der Waals surface area contributed by atoms with Crippen molar-refractivity contribution in [2.75, 3.05) is 49.9 Å². The Balaban J connectivity index is 1.42. The minimum Gasteiger partial charge on any atom is -0.369 e. The number of amides is 1. The number of nitrogens with one attached hydrogen (secondary N) is 2. The van der Waals surface area contributed by atoms with E-state index in [0.717, 1.165) is 30.7 Å². The molecule has 0 atom stereocenters. The summed E-state index contributed by atoms with van der Waals surface area (Å²) >= 11 is 0. The van der Waals surface area contributed by atoms with E-state index >= 15 is 0 Å². The van der Waals surface area contributed by atoms with Gasteiger partial charge in [-0.15, -0.1) is 0 Å². The van der Waals surface area contributed by atoms with Crippen LogP contribution >= 0.6 is 0 Å². The lowest BCUT2D eigenvalue weighted by molar-refractivity contribution is -0.137. The molecule has 0 aliphatic carbocycles. The number of hydrogen-bond acceptors (Lipinski definition) is 6. The van der Waals surface area contributed by atoms with Crippen molar-refractivity contribution in [3.63, 3.8) is 0 Å². The Labute approximate surface area is 212 Å². The highest BCUT2D eigenvalue weighted by Gasteiger charge is 2.35. The zero-order chi connectivity index (χ0) is 26.6. The molecule has 0 bridgehead atoms. The van der Waals surface area contributed by atoms with Gasteiger partial charge >= 0.3 is 6.18 Å². The van der Waals surface area contributed by atoms with Crippen LogP contribution in [-0.4, -0.2) is 70.9 Å². The van der Waals surface area contributed by atoms with Crippen molar-refractivity contribution >= 4 is 23.4 Å². The van der Waals surface area contributed by atoms with Crippen LogP contribution in [0, 0.1) is 0 Å². The van der Waals surface area contributed by atoms with Gasteiger partial charge in [0.2, 0.25) is 11.9 Å². The summed E-state index contributed by atoms with van der Waals surface area (Å²) in [6.45, 7) is 3.02. The van der Waals surface area contributed by atoms with E-state index in [2.05, 4.69) is 20.6 Å². The minimum absolute atomic E-state index is 0.00560. The Morgan fingerprint density at radius 1 is 1.03 bits per heavy atom. The molecule has 4 rings (SSSR count). The van der Waals surface area contributed by atoms with Crippen molar-refractivity contribution in [3.05, 3.63) is 41.1 Å². The second kappa shape index (κ2) is 11.2. The summed E-state index contributed by atoms with van der Waals surface area (Å²) in [5.41, 5.74) is 1.68. The Morgan fingerprint density at radius 2 is 1.78 bits per heavy atom. The fourth-order valence-corrected chi connectivity index (χ4v) is 4.73. The number of carbonyl (C=O) groups excluding carboxylic acids is 1. The molecule has 0 saturated carbocycles. The molecule has 12 heteroatoms. The number of alkyl halides is 5. The molecule has 2 aliphatic rings. The van der Waals surface area contributed by atoms with Crippen LogP contribution in [0.2, 0.25) is 0 Å². The highest BCUT2D eigenvalue weighted by molar-refractivity contribution is 5.78. The molecule has 202 valence electrons. The van der Waals surface area contributed by atoms with Gasteiger partial charge in [-0.2, -0.15) is 18.2 Å². The second-order valence-electron chi connectivity index (χ2n) is 9.67. The van der Waals surface area contributed by atoms with Crippen molar-refractivity contribution in [2.45, 2.75) is 51.1 Å². The average molecular weight is 527 g/mol. The second-order valence-corrected chi connectivity index (χ2v) is 9.67. The first-order valence-corrected chi connectivity index (χ1v) is 12.4. The summed E-state index contributed by atoms with van der Waals surface area (Å²) in [4.78, 5) is 23.1. The first kappa shape index (κ1) is 27.0. The number of nitrogens with zero attached hydrogens (tertiary/aromatic N) is 4. The van der Waals surface area contributed by atoms with E-state index in [4.69, 9.17) is 0 Å². The van der Waals surface area contributed by atoms with Crippen LogP contribution in [0.5, 0.6) is 0 Å². The third-order valence-corrected chi connectivity index (χ3v) is 6.52. The lowest BCUT2D eigenvalue weighted by Gasteiger charge is -2.23. The summed E-state index contributed by atoms with van der Waals surface area (Å²) in [6.07, 6.45) is -0.851. The van der Waals surface area contributed by atoms with E-state index in [-0.39, 0.29) is 30.8 Å². The molecule has 1 fully saturated rings. The number of likely N-dealkylation sites (tertiary alicyclic amines) is 1. The summed E-state index contributed by atoms with van der Waals surface area (Å²) in [5.74, 6) is -3.02. The van der Waals surface area contributed by atoms with Crippen molar-refractivity contribution in [2.24, 2.45) is 0 Å². The first-order valence-electron chi connectivity index (χ1n) is 12.4. The largest absolute Gasteiger partial charge is 0.421 e. The SMILES string of the molecule is CC(F)(F)CN1CCc2ccc(Nc3ncc(C(F)(F)F)c(NCCCN4CCCC4=O)n3)cc2CC1. The van der Waals surface area contributed by atoms with Crippen LogP contribution in [0.4, 0.5) is 39.4 Å². The van der Waals surface area contributed by atoms with Crippen molar-refractivity contribution < 1.29 is 26.7 Å². The van der Waals surface area contributed by atoms with E-state index in [9.17, 15) is 26.7 Å². The fraction of sp³-hybridized carbons (Fsp3) is 0.560. The van der Waals surface area contributed by atoms with Crippen LogP contribution in [-0.2, 0) is 23.8 Å². The van der Waals surface area contributed by atoms with Gasteiger partial charge in [-0.05, 0) is 48.9 Å². The third kappa shape index (κ3) is 7.50. The molecule has 1 saturated heterocycles. The molecule has 7 nitrogen and oxygen atoms in total. The van der Waals surface area contributed by atoms with Crippen molar-refractivity contribution in [3.8, 4) is 0 Å². The molecule has 2 aliphatic heterocycles.